The molecule has 3 rings (SSSR count). The Balaban J connectivity index is 1.64. The third-order valence-corrected chi connectivity index (χ3v) is 4.35. The third-order valence-electron chi connectivity index (χ3n) is 4.03. The maximum atomic E-state index is 11.0. The molecule has 1 aliphatic heterocycles. The minimum absolute atomic E-state index is 0.113. The minimum atomic E-state index is -1.02. The number of fused-ring (bicyclic) bond motifs is 1. The molecule has 0 radical (unpaired) electrons. The van der Waals surface area contributed by atoms with E-state index in [1.54, 1.807) is 19.2 Å². The van der Waals surface area contributed by atoms with Crippen molar-refractivity contribution < 1.29 is 19.4 Å². The quantitative estimate of drug-likeness (QED) is 0.869. The fourth-order valence-corrected chi connectivity index (χ4v) is 3.07. The van der Waals surface area contributed by atoms with Gasteiger partial charge in [0.05, 0.1) is 17.7 Å². The van der Waals surface area contributed by atoms with Gasteiger partial charge in [-0.25, -0.2) is 4.79 Å². The molecule has 6 heteroatoms. The molecule has 5 nitrogen and oxygen atoms in total. The summed E-state index contributed by atoms with van der Waals surface area (Å²) < 4.78 is 11.1. The van der Waals surface area contributed by atoms with Crippen molar-refractivity contribution in [3.05, 3.63) is 58.1 Å². The summed E-state index contributed by atoms with van der Waals surface area (Å²) in [6.07, 6.45) is 0.841. The van der Waals surface area contributed by atoms with E-state index in [9.17, 15) is 4.79 Å². The SMILES string of the molecule is COc1cccc2c1OCC(NCc1ccc(C(=O)O)c(Cl)c1)C2. The first kappa shape index (κ1) is 16.6. The Morgan fingerprint density at radius 3 is 2.96 bits per heavy atom. The number of ether oxygens (including phenoxy) is 2. The predicted octanol–water partition coefficient (Wildman–Crippen LogP) is 3.14. The van der Waals surface area contributed by atoms with Crippen LogP contribution in [-0.2, 0) is 13.0 Å². The molecule has 0 bridgehead atoms. The maximum Gasteiger partial charge on any atom is 0.337 e. The monoisotopic (exact) mass is 347 g/mol. The number of carboxylic acids is 1. The second-order valence-electron chi connectivity index (χ2n) is 5.66. The number of hydrogen-bond donors (Lipinski definition) is 2. The van der Waals surface area contributed by atoms with Crippen LogP contribution >= 0.6 is 11.6 Å². The maximum absolute atomic E-state index is 11.0. The van der Waals surface area contributed by atoms with Gasteiger partial charge in [-0.1, -0.05) is 29.8 Å². The van der Waals surface area contributed by atoms with Crippen molar-refractivity contribution in [2.45, 2.75) is 19.0 Å². The van der Waals surface area contributed by atoms with Crippen molar-refractivity contribution >= 4 is 17.6 Å². The molecule has 2 N–H and O–H groups in total. The molecule has 0 amide bonds. The number of halogens is 1. The van der Waals surface area contributed by atoms with Gasteiger partial charge in [-0.05, 0) is 35.7 Å². The van der Waals surface area contributed by atoms with Crippen LogP contribution in [0.2, 0.25) is 5.02 Å². The smallest absolute Gasteiger partial charge is 0.337 e. The van der Waals surface area contributed by atoms with E-state index in [0.717, 1.165) is 29.0 Å². The van der Waals surface area contributed by atoms with Crippen LogP contribution in [0.25, 0.3) is 0 Å². The topological polar surface area (TPSA) is 67.8 Å². The third kappa shape index (κ3) is 3.47. The van der Waals surface area contributed by atoms with Gasteiger partial charge in [0.15, 0.2) is 11.5 Å². The lowest BCUT2D eigenvalue weighted by Gasteiger charge is -2.27. The van der Waals surface area contributed by atoms with Crippen molar-refractivity contribution in [1.29, 1.82) is 0 Å². The number of rotatable bonds is 5. The van der Waals surface area contributed by atoms with Crippen LogP contribution in [0.3, 0.4) is 0 Å². The summed E-state index contributed by atoms with van der Waals surface area (Å²) >= 11 is 6.00. The first-order chi connectivity index (χ1) is 11.6. The van der Waals surface area contributed by atoms with Gasteiger partial charge >= 0.3 is 5.97 Å². The molecule has 1 unspecified atom stereocenters. The second kappa shape index (κ2) is 7.11. The summed E-state index contributed by atoms with van der Waals surface area (Å²) in [5, 5.41) is 12.7. The molecule has 24 heavy (non-hydrogen) atoms. The van der Waals surface area contributed by atoms with Crippen LogP contribution in [0, 0.1) is 0 Å². The molecule has 0 fully saturated rings. The van der Waals surface area contributed by atoms with Crippen molar-refractivity contribution in [2.24, 2.45) is 0 Å². The predicted molar refractivity (Wildman–Crippen MR) is 91.2 cm³/mol. The van der Waals surface area contributed by atoms with Crippen molar-refractivity contribution in [2.75, 3.05) is 13.7 Å². The number of nitrogens with one attached hydrogen (secondary N) is 1. The lowest BCUT2D eigenvalue weighted by molar-refractivity contribution is 0.0697. The molecule has 126 valence electrons. The molecular formula is C18H18ClNO4. The highest BCUT2D eigenvalue weighted by Gasteiger charge is 2.22. The highest BCUT2D eigenvalue weighted by atomic mass is 35.5. The largest absolute Gasteiger partial charge is 0.493 e. The molecular weight excluding hydrogens is 330 g/mol. The molecule has 1 atom stereocenters. The van der Waals surface area contributed by atoms with Crippen LogP contribution in [0.15, 0.2) is 36.4 Å². The van der Waals surface area contributed by atoms with E-state index in [-0.39, 0.29) is 16.6 Å². The highest BCUT2D eigenvalue weighted by molar-refractivity contribution is 6.33. The first-order valence-corrected chi connectivity index (χ1v) is 8.00. The lowest BCUT2D eigenvalue weighted by atomic mass is 10.0. The Bertz CT molecular complexity index is 763. The molecule has 0 aliphatic carbocycles. The van der Waals surface area contributed by atoms with E-state index in [2.05, 4.69) is 5.32 Å². The van der Waals surface area contributed by atoms with Crippen molar-refractivity contribution in [3.63, 3.8) is 0 Å². The normalized spacial score (nSPS) is 16.2. The van der Waals surface area contributed by atoms with E-state index in [4.69, 9.17) is 26.2 Å². The summed E-state index contributed by atoms with van der Waals surface area (Å²) in [5.74, 6) is 0.541. The number of carbonyl (C=O) groups is 1. The van der Waals surface area contributed by atoms with Gasteiger partial charge in [-0.15, -0.1) is 0 Å². The van der Waals surface area contributed by atoms with Gasteiger partial charge in [0.1, 0.15) is 6.61 Å². The van der Waals surface area contributed by atoms with Crippen molar-refractivity contribution in [3.8, 4) is 11.5 Å². The number of para-hydroxylation sites is 1. The Morgan fingerprint density at radius 1 is 1.42 bits per heavy atom. The summed E-state index contributed by atoms with van der Waals surface area (Å²) in [6.45, 7) is 1.14. The standard InChI is InChI=1S/C18H18ClNO4/c1-23-16-4-2-3-12-8-13(10-24-17(12)16)20-9-11-5-6-14(18(21)22)15(19)7-11/h2-7,13,20H,8-10H2,1H3,(H,21,22). The van der Waals surface area contributed by atoms with Crippen LogP contribution in [0.1, 0.15) is 21.5 Å². The van der Waals surface area contributed by atoms with Crippen LogP contribution in [-0.4, -0.2) is 30.8 Å². The molecule has 0 aromatic heterocycles. The summed E-state index contributed by atoms with van der Waals surface area (Å²) in [4.78, 5) is 11.0. The zero-order valence-electron chi connectivity index (χ0n) is 13.2. The van der Waals surface area contributed by atoms with Gasteiger partial charge in [-0.3, -0.25) is 0 Å². The van der Waals surface area contributed by atoms with Crippen LogP contribution in [0.5, 0.6) is 11.5 Å². The van der Waals surface area contributed by atoms with E-state index in [1.807, 2.05) is 18.2 Å². The van der Waals surface area contributed by atoms with E-state index < -0.39 is 5.97 Å². The van der Waals surface area contributed by atoms with Gasteiger partial charge in [0, 0.05) is 12.6 Å². The Morgan fingerprint density at radius 2 is 2.25 bits per heavy atom. The number of methoxy groups -OCH3 is 1. The van der Waals surface area contributed by atoms with E-state index in [0.29, 0.717) is 13.2 Å². The molecule has 2 aromatic carbocycles. The van der Waals surface area contributed by atoms with Gasteiger partial charge < -0.3 is 19.9 Å². The van der Waals surface area contributed by atoms with Gasteiger partial charge in [0.25, 0.3) is 0 Å². The van der Waals surface area contributed by atoms with E-state index >= 15 is 0 Å². The number of aromatic carboxylic acids is 1. The average molecular weight is 348 g/mol. The van der Waals surface area contributed by atoms with Crippen LogP contribution < -0.4 is 14.8 Å². The fraction of sp³-hybridized carbons (Fsp3) is 0.278. The Labute approximate surface area is 145 Å². The molecule has 0 saturated carbocycles. The highest BCUT2D eigenvalue weighted by Crippen LogP contribution is 2.34. The first-order valence-electron chi connectivity index (χ1n) is 7.62. The number of carboxylic acid groups (broad SMARTS) is 1. The molecule has 0 saturated heterocycles. The number of hydrogen-bond acceptors (Lipinski definition) is 4. The van der Waals surface area contributed by atoms with Crippen LogP contribution in [0.4, 0.5) is 0 Å². The Kier molecular flexibility index (Phi) is 4.92. The minimum Gasteiger partial charge on any atom is -0.493 e. The van der Waals surface area contributed by atoms with Gasteiger partial charge in [-0.2, -0.15) is 0 Å². The van der Waals surface area contributed by atoms with Crippen molar-refractivity contribution in [1.82, 2.24) is 5.32 Å². The lowest BCUT2D eigenvalue weighted by Crippen LogP contribution is -2.38. The zero-order chi connectivity index (χ0) is 17.1. The molecule has 0 spiro atoms. The fourth-order valence-electron chi connectivity index (χ4n) is 2.79. The second-order valence-corrected chi connectivity index (χ2v) is 6.07. The molecule has 2 aromatic rings. The zero-order valence-corrected chi connectivity index (χ0v) is 14.0. The van der Waals surface area contributed by atoms with Gasteiger partial charge in [0.2, 0.25) is 0 Å². The number of benzene rings is 2. The molecule has 1 heterocycles. The summed E-state index contributed by atoms with van der Waals surface area (Å²) in [7, 11) is 1.63. The van der Waals surface area contributed by atoms with E-state index in [1.165, 1.54) is 6.07 Å². The average Bonchev–Trinajstić information content (AvgIpc) is 2.58. The molecule has 1 aliphatic rings. The summed E-state index contributed by atoms with van der Waals surface area (Å²) in [6, 6.07) is 11.0. The summed E-state index contributed by atoms with van der Waals surface area (Å²) in [5.41, 5.74) is 2.15. The Hall–Kier alpha value is -2.24.